The van der Waals surface area contributed by atoms with E-state index < -0.39 is 14.5 Å². The van der Waals surface area contributed by atoms with Crippen molar-refractivity contribution in [3.63, 3.8) is 0 Å². The summed E-state index contributed by atoms with van der Waals surface area (Å²) in [6.07, 6.45) is 15.7. The minimum atomic E-state index is -6.00. The van der Waals surface area contributed by atoms with Crippen molar-refractivity contribution in [2.45, 2.75) is 51.4 Å². The first-order chi connectivity index (χ1) is 19.4. The lowest BCUT2D eigenvalue weighted by Gasteiger charge is -2.85. The summed E-state index contributed by atoms with van der Waals surface area (Å²) in [7, 11) is -7.56. The molecule has 0 N–H and O–H groups in total. The van der Waals surface area contributed by atoms with Crippen LogP contribution in [-0.2, 0) is 14.1 Å². The van der Waals surface area contributed by atoms with Crippen LogP contribution in [0.15, 0.2) is 36.9 Å². The predicted octanol–water partition coefficient (Wildman–Crippen LogP) is 7.37. The van der Waals surface area contributed by atoms with Gasteiger partial charge in [0.05, 0.1) is 0 Å². The number of nitrogens with zero attached hydrogens (tertiary/aromatic N) is 2. The molecular weight excluding hydrogens is 562 g/mol. The fourth-order valence-corrected chi connectivity index (χ4v) is 12.9. The van der Waals surface area contributed by atoms with Crippen molar-refractivity contribution in [3.8, 4) is 11.1 Å². The molecule has 2 heterocycles. The topological polar surface area (TPSA) is 7.76 Å². The minimum Gasteiger partial charge on any atom is -0.418 e. The lowest BCUT2D eigenvalue weighted by atomic mass is 9.19. The van der Waals surface area contributed by atoms with Gasteiger partial charge in [-0.1, -0.05) is 13.8 Å². The monoisotopic (exact) mass is 598 g/mol. The largest absolute Gasteiger partial charge is 0.673 e. The second-order valence-electron chi connectivity index (χ2n) is 14.6. The highest BCUT2D eigenvalue weighted by atomic mass is 19.5. The first-order valence-corrected chi connectivity index (χ1v) is 15.2. The Morgan fingerprint density at radius 3 is 1.33 bits per heavy atom. The number of aromatic nitrogens is 2. The van der Waals surface area contributed by atoms with Gasteiger partial charge < -0.3 is 34.5 Å². The molecule has 2 aromatic heterocycles. The summed E-state index contributed by atoms with van der Waals surface area (Å²) in [6, 6.07) is 4.82. The van der Waals surface area contributed by atoms with Crippen LogP contribution < -0.4 is 9.13 Å². The molecule has 6 saturated carbocycles. The van der Waals surface area contributed by atoms with E-state index in [2.05, 4.69) is 74.0 Å². The Bertz CT molecular complexity index is 1330. The van der Waals surface area contributed by atoms with Gasteiger partial charge in [0, 0.05) is 35.1 Å². The molecule has 0 radical (unpaired) electrons. The zero-order chi connectivity index (χ0) is 30.3. The second kappa shape index (κ2) is 8.74. The fourth-order valence-electron chi connectivity index (χ4n) is 12.9. The molecule has 2 nitrogen and oxygen atoms in total. The summed E-state index contributed by atoms with van der Waals surface area (Å²) >= 11 is 0. The number of hydrogen-bond acceptors (Lipinski definition) is 0. The van der Waals surface area contributed by atoms with Gasteiger partial charge in [0.25, 0.3) is 0 Å². The van der Waals surface area contributed by atoms with Crippen LogP contribution in [0.5, 0.6) is 0 Å². The molecule has 2 aromatic rings. The summed E-state index contributed by atoms with van der Waals surface area (Å²) in [6.45, 7) is 5.57. The Morgan fingerprint density at radius 1 is 0.619 bits per heavy atom. The van der Waals surface area contributed by atoms with Crippen LogP contribution in [0, 0.1) is 58.2 Å². The molecule has 7 aliphatic carbocycles. The third-order valence-corrected chi connectivity index (χ3v) is 13.3. The van der Waals surface area contributed by atoms with Crippen molar-refractivity contribution < 1.29 is 43.7 Å². The van der Waals surface area contributed by atoms with Crippen molar-refractivity contribution in [1.82, 2.24) is 0 Å². The van der Waals surface area contributed by atoms with Crippen molar-refractivity contribution in [1.29, 1.82) is 0 Å². The normalized spacial score (nSPS) is 44.0. The van der Waals surface area contributed by atoms with E-state index in [0.29, 0.717) is 10.8 Å². The standard InChI is InChI=1S/C30H36N2.2BF4/c1-29-25-15-5-6-16(11-15)26(25)30(29,2)28-20-12-19(27(28)29)23-21-13-31(3)9-7-17(21)18-8-10-32(4)14-22(18)24(20)23;2*2-1(3,4)5/h7-10,13-16,19-20,23-28H,5-6,11-12H2,1-4H3;;/q+2;2*-1/t15-,16+,19-,20+,23-,24+,25+,26-,27-,28+,29+,30-;;. The summed E-state index contributed by atoms with van der Waals surface area (Å²) in [5.41, 5.74) is 7.70. The zero-order valence-electron chi connectivity index (χ0n) is 24.1. The molecule has 228 valence electrons. The molecule has 4 bridgehead atoms. The average Bonchev–Trinajstić information content (AvgIpc) is 3.63. The van der Waals surface area contributed by atoms with Gasteiger partial charge in [-0.25, -0.2) is 9.13 Å². The van der Waals surface area contributed by atoms with E-state index in [0.717, 1.165) is 59.2 Å². The highest BCUT2D eigenvalue weighted by molar-refractivity contribution is 6.50. The maximum absolute atomic E-state index is 9.75. The molecular formula is C30H36B2F8N2. The Kier molecular flexibility index (Phi) is 5.96. The van der Waals surface area contributed by atoms with Crippen LogP contribution in [0.3, 0.4) is 0 Å². The summed E-state index contributed by atoms with van der Waals surface area (Å²) in [4.78, 5) is 0. The van der Waals surface area contributed by atoms with Gasteiger partial charge in [-0.05, 0) is 95.0 Å². The maximum Gasteiger partial charge on any atom is 0.673 e. The minimum absolute atomic E-state index is 0.644. The lowest BCUT2D eigenvalue weighted by Crippen LogP contribution is -2.81. The smallest absolute Gasteiger partial charge is 0.418 e. The van der Waals surface area contributed by atoms with E-state index in [9.17, 15) is 34.5 Å². The molecule has 7 aliphatic rings. The predicted molar refractivity (Wildman–Crippen MR) is 143 cm³/mol. The van der Waals surface area contributed by atoms with E-state index in [1.807, 2.05) is 0 Å². The number of halogens is 8. The Morgan fingerprint density at radius 2 is 0.976 bits per heavy atom. The summed E-state index contributed by atoms with van der Waals surface area (Å²) < 4.78 is 82.6. The fraction of sp³-hybridized carbons (Fsp3) is 0.667. The zero-order valence-corrected chi connectivity index (χ0v) is 24.1. The van der Waals surface area contributed by atoms with Gasteiger partial charge in [0.1, 0.15) is 14.1 Å². The molecule has 0 amide bonds. The van der Waals surface area contributed by atoms with Crippen LogP contribution in [0.1, 0.15) is 62.5 Å². The highest BCUT2D eigenvalue weighted by Gasteiger charge is 2.89. The number of pyridine rings is 2. The van der Waals surface area contributed by atoms with Gasteiger partial charge in [0.15, 0.2) is 24.8 Å². The van der Waals surface area contributed by atoms with E-state index in [-0.39, 0.29) is 0 Å². The van der Waals surface area contributed by atoms with Gasteiger partial charge in [-0.3, -0.25) is 0 Å². The highest BCUT2D eigenvalue weighted by Crippen LogP contribution is 2.94. The first-order valence-electron chi connectivity index (χ1n) is 15.2. The van der Waals surface area contributed by atoms with E-state index in [1.165, 1.54) is 17.5 Å². The Labute approximate surface area is 241 Å². The van der Waals surface area contributed by atoms with Crippen molar-refractivity contribution in [3.05, 3.63) is 48.0 Å². The average molecular weight is 598 g/mol. The van der Waals surface area contributed by atoms with E-state index >= 15 is 0 Å². The first kappa shape index (κ1) is 28.6. The summed E-state index contributed by atoms with van der Waals surface area (Å²) in [5, 5.41) is 0. The van der Waals surface area contributed by atoms with Crippen LogP contribution in [-0.4, -0.2) is 14.5 Å². The maximum atomic E-state index is 9.75. The van der Waals surface area contributed by atoms with Crippen molar-refractivity contribution >= 4 is 14.5 Å². The van der Waals surface area contributed by atoms with E-state index in [1.54, 1.807) is 30.4 Å². The number of hydrogen-bond donors (Lipinski definition) is 0. The SMILES string of the molecule is C[n+]1ccc2c(c1)[C@@H]1[C@@H]3C[C@H]([C@@H]1c1c[n+](C)ccc1-2)[C@@H]1[C@H]3[C@@]2(C)[C@@H]3[C@H]4CC[C@H](C4)[C@@H]3[C@@]12C.F[B-](F)(F)F.F[B-](F)(F)F. The third-order valence-electron chi connectivity index (χ3n) is 13.3. The molecule has 12 heteroatoms. The van der Waals surface area contributed by atoms with Gasteiger partial charge in [-0.2, -0.15) is 0 Å². The van der Waals surface area contributed by atoms with Gasteiger partial charge in [-0.15, -0.1) is 0 Å². The quantitative estimate of drug-likeness (QED) is 0.130. The lowest BCUT2D eigenvalue weighted by molar-refractivity contribution is -0.672. The second-order valence-corrected chi connectivity index (χ2v) is 14.6. The Hall–Kier alpha value is -2.13. The third kappa shape index (κ3) is 3.71. The van der Waals surface area contributed by atoms with Crippen molar-refractivity contribution in [2.75, 3.05) is 0 Å². The number of rotatable bonds is 0. The Balaban J connectivity index is 0.000000253. The van der Waals surface area contributed by atoms with Gasteiger partial charge >= 0.3 is 14.5 Å². The molecule has 12 atom stereocenters. The van der Waals surface area contributed by atoms with Gasteiger partial charge in [0.2, 0.25) is 0 Å². The van der Waals surface area contributed by atoms with Crippen LogP contribution in [0.2, 0.25) is 0 Å². The van der Waals surface area contributed by atoms with Crippen LogP contribution >= 0.6 is 0 Å². The number of fused-ring (bicyclic) bond motifs is 23. The molecule has 42 heavy (non-hydrogen) atoms. The van der Waals surface area contributed by atoms with E-state index in [4.69, 9.17) is 0 Å². The molecule has 6 fully saturated rings. The summed E-state index contributed by atoms with van der Waals surface area (Å²) in [5.74, 6) is 9.62. The van der Waals surface area contributed by atoms with Crippen molar-refractivity contribution in [2.24, 2.45) is 72.3 Å². The molecule has 0 spiro atoms. The van der Waals surface area contributed by atoms with Crippen LogP contribution in [0.25, 0.3) is 11.1 Å². The molecule has 9 rings (SSSR count). The molecule has 0 unspecified atom stereocenters. The number of aryl methyl sites for hydroxylation is 2. The van der Waals surface area contributed by atoms with Crippen LogP contribution in [0.4, 0.5) is 34.5 Å². The molecule has 0 saturated heterocycles. The molecule has 0 aromatic carbocycles. The molecule has 0 aliphatic heterocycles.